The van der Waals surface area contributed by atoms with Crippen molar-refractivity contribution in [1.29, 1.82) is 0 Å². The first-order valence-electron chi connectivity index (χ1n) is 5.81. The Bertz CT molecular complexity index is 474. The van der Waals surface area contributed by atoms with Crippen LogP contribution in [0.1, 0.15) is 24.4 Å². The Morgan fingerprint density at radius 3 is 2.41 bits per heavy atom. The Balaban J connectivity index is 2.17. The Hall–Kier alpha value is -1.26. The van der Waals surface area contributed by atoms with Crippen molar-refractivity contribution in [3.63, 3.8) is 0 Å². The first kappa shape index (κ1) is 12.2. The van der Waals surface area contributed by atoms with E-state index in [1.54, 1.807) is 11.3 Å². The van der Waals surface area contributed by atoms with Gasteiger partial charge in [0.2, 0.25) is 0 Å². The molecule has 1 heterocycles. The van der Waals surface area contributed by atoms with Crippen molar-refractivity contribution in [3.8, 4) is 10.6 Å². The summed E-state index contributed by atoms with van der Waals surface area (Å²) in [6.07, 6.45) is 1.12. The maximum atomic E-state index is 5.53. The molecule has 4 heteroatoms. The fourth-order valence-corrected chi connectivity index (χ4v) is 2.43. The molecule has 0 amide bonds. The van der Waals surface area contributed by atoms with Crippen LogP contribution in [-0.2, 0) is 13.0 Å². The Morgan fingerprint density at radius 2 is 1.88 bits per heavy atom. The van der Waals surface area contributed by atoms with Gasteiger partial charge in [-0.05, 0) is 17.9 Å². The van der Waals surface area contributed by atoms with E-state index in [4.69, 9.17) is 5.73 Å². The lowest BCUT2D eigenvalue weighted by molar-refractivity contribution is 0.647. The molecule has 3 nitrogen and oxygen atoms in total. The van der Waals surface area contributed by atoms with E-state index in [1.165, 1.54) is 5.56 Å². The zero-order valence-corrected chi connectivity index (χ0v) is 11.0. The monoisotopic (exact) mass is 247 g/mol. The highest BCUT2D eigenvalue weighted by molar-refractivity contribution is 7.14. The van der Waals surface area contributed by atoms with Gasteiger partial charge in [0.1, 0.15) is 10.0 Å². The third-order valence-corrected chi connectivity index (χ3v) is 3.48. The summed E-state index contributed by atoms with van der Waals surface area (Å²) in [5.41, 5.74) is 8.02. The molecule has 2 rings (SSSR count). The van der Waals surface area contributed by atoms with Crippen LogP contribution in [0.15, 0.2) is 24.3 Å². The molecule has 2 aromatic rings. The summed E-state index contributed by atoms with van der Waals surface area (Å²) in [5.74, 6) is 0.686. The third-order valence-electron chi connectivity index (χ3n) is 2.49. The molecule has 0 aliphatic rings. The van der Waals surface area contributed by atoms with E-state index in [9.17, 15) is 0 Å². The van der Waals surface area contributed by atoms with Gasteiger partial charge < -0.3 is 5.73 Å². The van der Waals surface area contributed by atoms with Gasteiger partial charge in [-0.1, -0.05) is 49.4 Å². The molecule has 17 heavy (non-hydrogen) atoms. The lowest BCUT2D eigenvalue weighted by Gasteiger charge is -2.04. The van der Waals surface area contributed by atoms with E-state index in [0.717, 1.165) is 22.0 Å². The number of benzene rings is 1. The van der Waals surface area contributed by atoms with E-state index < -0.39 is 0 Å². The predicted octanol–water partition coefficient (Wildman–Crippen LogP) is 2.86. The van der Waals surface area contributed by atoms with Gasteiger partial charge in [0.25, 0.3) is 0 Å². The van der Waals surface area contributed by atoms with Gasteiger partial charge in [-0.25, -0.2) is 0 Å². The van der Waals surface area contributed by atoms with E-state index in [0.29, 0.717) is 12.5 Å². The zero-order valence-electron chi connectivity index (χ0n) is 10.2. The Labute approximate surface area is 106 Å². The summed E-state index contributed by atoms with van der Waals surface area (Å²) in [7, 11) is 0. The van der Waals surface area contributed by atoms with Gasteiger partial charge in [-0.15, -0.1) is 10.2 Å². The molecule has 1 aromatic carbocycles. The molecular formula is C13H17N3S. The molecule has 90 valence electrons. The number of rotatable bonds is 4. The van der Waals surface area contributed by atoms with Crippen molar-refractivity contribution in [3.05, 3.63) is 34.8 Å². The predicted molar refractivity (Wildman–Crippen MR) is 71.8 cm³/mol. The minimum Gasteiger partial charge on any atom is -0.324 e. The molecule has 2 N–H and O–H groups in total. The largest absolute Gasteiger partial charge is 0.324 e. The summed E-state index contributed by atoms with van der Waals surface area (Å²) < 4.78 is 0. The number of hydrogen-bond acceptors (Lipinski definition) is 4. The molecule has 0 bridgehead atoms. The minimum absolute atomic E-state index is 0.461. The average molecular weight is 247 g/mol. The van der Waals surface area contributed by atoms with Crippen LogP contribution in [0.3, 0.4) is 0 Å². The van der Waals surface area contributed by atoms with Gasteiger partial charge in [0.15, 0.2) is 0 Å². The fourth-order valence-electron chi connectivity index (χ4n) is 1.71. The van der Waals surface area contributed by atoms with Gasteiger partial charge in [-0.3, -0.25) is 0 Å². The van der Waals surface area contributed by atoms with Crippen LogP contribution in [0.2, 0.25) is 0 Å². The van der Waals surface area contributed by atoms with Gasteiger partial charge >= 0.3 is 0 Å². The highest BCUT2D eigenvalue weighted by Crippen LogP contribution is 2.24. The number of aromatic nitrogens is 2. The summed E-state index contributed by atoms with van der Waals surface area (Å²) >= 11 is 1.56. The molecule has 0 saturated heterocycles. The van der Waals surface area contributed by atoms with Crippen LogP contribution in [0.5, 0.6) is 0 Å². The van der Waals surface area contributed by atoms with Crippen LogP contribution in [0, 0.1) is 5.92 Å². The molecule has 0 aliphatic carbocycles. The van der Waals surface area contributed by atoms with Crippen molar-refractivity contribution in [1.82, 2.24) is 10.2 Å². The van der Waals surface area contributed by atoms with E-state index in [-0.39, 0.29) is 0 Å². The fraction of sp³-hybridized carbons (Fsp3) is 0.385. The Morgan fingerprint density at radius 1 is 1.18 bits per heavy atom. The summed E-state index contributed by atoms with van der Waals surface area (Å²) in [4.78, 5) is 0. The second kappa shape index (κ2) is 5.38. The van der Waals surface area contributed by atoms with Crippen molar-refractivity contribution >= 4 is 11.3 Å². The maximum Gasteiger partial charge on any atom is 0.147 e. The molecule has 0 unspecified atom stereocenters. The molecule has 0 saturated carbocycles. The SMILES string of the molecule is CC(C)Cc1ccc(-c2nnc(CN)s2)cc1. The number of nitrogens with zero attached hydrogens (tertiary/aromatic N) is 2. The maximum absolute atomic E-state index is 5.53. The second-order valence-electron chi connectivity index (χ2n) is 4.50. The molecule has 0 atom stereocenters. The van der Waals surface area contributed by atoms with Gasteiger partial charge in [0.05, 0.1) is 0 Å². The van der Waals surface area contributed by atoms with E-state index >= 15 is 0 Å². The summed E-state index contributed by atoms with van der Waals surface area (Å²) in [6.45, 7) is 4.92. The Kier molecular flexibility index (Phi) is 3.86. The molecule has 0 radical (unpaired) electrons. The van der Waals surface area contributed by atoms with Crippen LogP contribution in [-0.4, -0.2) is 10.2 Å². The smallest absolute Gasteiger partial charge is 0.147 e. The quantitative estimate of drug-likeness (QED) is 0.903. The lowest BCUT2D eigenvalue weighted by Crippen LogP contribution is -1.94. The van der Waals surface area contributed by atoms with E-state index in [1.807, 2.05) is 0 Å². The highest BCUT2D eigenvalue weighted by atomic mass is 32.1. The van der Waals surface area contributed by atoms with Gasteiger partial charge in [-0.2, -0.15) is 0 Å². The normalized spacial score (nSPS) is 11.1. The molecule has 0 spiro atoms. The van der Waals surface area contributed by atoms with Gasteiger partial charge in [0, 0.05) is 12.1 Å². The van der Waals surface area contributed by atoms with Crippen LogP contribution >= 0.6 is 11.3 Å². The molecule has 0 fully saturated rings. The number of nitrogens with two attached hydrogens (primary N) is 1. The minimum atomic E-state index is 0.461. The summed E-state index contributed by atoms with van der Waals surface area (Å²) in [6, 6.07) is 8.55. The topological polar surface area (TPSA) is 51.8 Å². The third kappa shape index (κ3) is 3.11. The summed E-state index contributed by atoms with van der Waals surface area (Å²) in [5, 5.41) is 9.99. The average Bonchev–Trinajstić information content (AvgIpc) is 2.78. The highest BCUT2D eigenvalue weighted by Gasteiger charge is 2.05. The van der Waals surface area contributed by atoms with Crippen LogP contribution < -0.4 is 5.73 Å². The van der Waals surface area contributed by atoms with Crippen molar-refractivity contribution in [2.75, 3.05) is 0 Å². The lowest BCUT2D eigenvalue weighted by atomic mass is 10.0. The van der Waals surface area contributed by atoms with Crippen molar-refractivity contribution in [2.24, 2.45) is 11.7 Å². The molecular weight excluding hydrogens is 230 g/mol. The second-order valence-corrected chi connectivity index (χ2v) is 5.56. The van der Waals surface area contributed by atoms with Crippen molar-refractivity contribution in [2.45, 2.75) is 26.8 Å². The van der Waals surface area contributed by atoms with Crippen molar-refractivity contribution < 1.29 is 0 Å². The first-order valence-corrected chi connectivity index (χ1v) is 6.62. The van der Waals surface area contributed by atoms with Crippen LogP contribution in [0.4, 0.5) is 0 Å². The first-order chi connectivity index (χ1) is 8.19. The number of hydrogen-bond donors (Lipinski definition) is 1. The van der Waals surface area contributed by atoms with E-state index in [2.05, 4.69) is 48.3 Å². The molecule has 0 aliphatic heterocycles. The zero-order chi connectivity index (χ0) is 12.3. The van der Waals surface area contributed by atoms with Crippen LogP contribution in [0.25, 0.3) is 10.6 Å². The standard InChI is InChI=1S/C13H17N3S/c1-9(2)7-10-3-5-11(6-4-10)13-16-15-12(8-14)17-13/h3-6,9H,7-8,14H2,1-2H3. The molecule has 1 aromatic heterocycles.